The van der Waals surface area contributed by atoms with Gasteiger partial charge in [-0.05, 0) is 36.5 Å². The molecule has 23 heavy (non-hydrogen) atoms. The molecule has 1 aromatic rings. The monoisotopic (exact) mass is 318 g/mol. The SMILES string of the molecule is C[C@@H]1C[C@H](C)CN(C(=O)COC(=O)c2cccc(N(C)C)c2)C1. The summed E-state index contributed by atoms with van der Waals surface area (Å²) in [6.45, 7) is 5.60. The number of rotatable bonds is 4. The highest BCUT2D eigenvalue weighted by Crippen LogP contribution is 2.21. The normalized spacial score (nSPS) is 21.0. The second-order valence-electron chi connectivity index (χ2n) is 6.77. The maximum atomic E-state index is 12.2. The highest BCUT2D eigenvalue weighted by molar-refractivity contribution is 5.92. The van der Waals surface area contributed by atoms with E-state index in [4.69, 9.17) is 4.74 Å². The molecule has 1 aromatic carbocycles. The highest BCUT2D eigenvalue weighted by Gasteiger charge is 2.26. The molecular formula is C18H26N2O3. The lowest BCUT2D eigenvalue weighted by Crippen LogP contribution is -2.44. The second-order valence-corrected chi connectivity index (χ2v) is 6.77. The smallest absolute Gasteiger partial charge is 0.338 e. The van der Waals surface area contributed by atoms with E-state index in [2.05, 4.69) is 13.8 Å². The first-order valence-electron chi connectivity index (χ1n) is 8.09. The van der Waals surface area contributed by atoms with Crippen molar-refractivity contribution in [3.63, 3.8) is 0 Å². The van der Waals surface area contributed by atoms with Gasteiger partial charge in [0.1, 0.15) is 0 Å². The lowest BCUT2D eigenvalue weighted by atomic mass is 9.92. The predicted molar refractivity (Wildman–Crippen MR) is 90.6 cm³/mol. The van der Waals surface area contributed by atoms with Gasteiger partial charge in [-0.25, -0.2) is 4.79 Å². The summed E-state index contributed by atoms with van der Waals surface area (Å²) in [7, 11) is 3.82. The molecule has 5 heteroatoms. The van der Waals surface area contributed by atoms with Gasteiger partial charge in [0.25, 0.3) is 5.91 Å². The van der Waals surface area contributed by atoms with Crippen molar-refractivity contribution in [1.29, 1.82) is 0 Å². The van der Waals surface area contributed by atoms with Crippen molar-refractivity contribution in [3.05, 3.63) is 29.8 Å². The van der Waals surface area contributed by atoms with Gasteiger partial charge in [0.2, 0.25) is 0 Å². The van der Waals surface area contributed by atoms with Crippen LogP contribution in [-0.2, 0) is 9.53 Å². The fraction of sp³-hybridized carbons (Fsp3) is 0.556. The first kappa shape index (κ1) is 17.3. The number of likely N-dealkylation sites (tertiary alicyclic amines) is 1. The number of anilines is 1. The molecular weight excluding hydrogens is 292 g/mol. The van der Waals surface area contributed by atoms with E-state index in [-0.39, 0.29) is 12.5 Å². The zero-order valence-electron chi connectivity index (χ0n) is 14.4. The largest absolute Gasteiger partial charge is 0.452 e. The van der Waals surface area contributed by atoms with Crippen LogP contribution < -0.4 is 4.90 Å². The van der Waals surface area contributed by atoms with Crippen molar-refractivity contribution in [2.75, 3.05) is 38.7 Å². The third kappa shape index (κ3) is 4.71. The Labute approximate surface area is 138 Å². The Morgan fingerprint density at radius 3 is 2.48 bits per heavy atom. The number of hydrogen-bond acceptors (Lipinski definition) is 4. The van der Waals surface area contributed by atoms with Crippen LogP contribution in [-0.4, -0.2) is 50.6 Å². The topological polar surface area (TPSA) is 49.9 Å². The summed E-state index contributed by atoms with van der Waals surface area (Å²) in [5, 5.41) is 0. The molecule has 0 radical (unpaired) electrons. The molecule has 2 atom stereocenters. The minimum atomic E-state index is -0.458. The van der Waals surface area contributed by atoms with Gasteiger partial charge >= 0.3 is 5.97 Å². The van der Waals surface area contributed by atoms with E-state index in [9.17, 15) is 9.59 Å². The molecule has 1 saturated heterocycles. The first-order valence-corrected chi connectivity index (χ1v) is 8.09. The molecule has 0 aliphatic carbocycles. The number of ether oxygens (including phenoxy) is 1. The van der Waals surface area contributed by atoms with E-state index in [0.717, 1.165) is 25.2 Å². The average Bonchev–Trinajstić information content (AvgIpc) is 2.51. The molecule has 1 aliphatic heterocycles. The van der Waals surface area contributed by atoms with Crippen LogP contribution in [0.5, 0.6) is 0 Å². The van der Waals surface area contributed by atoms with Crippen molar-refractivity contribution in [2.45, 2.75) is 20.3 Å². The van der Waals surface area contributed by atoms with Crippen molar-refractivity contribution >= 4 is 17.6 Å². The van der Waals surface area contributed by atoms with E-state index in [1.165, 1.54) is 0 Å². The van der Waals surface area contributed by atoms with E-state index >= 15 is 0 Å². The zero-order valence-corrected chi connectivity index (χ0v) is 14.4. The fourth-order valence-electron chi connectivity index (χ4n) is 3.08. The lowest BCUT2D eigenvalue weighted by Gasteiger charge is -2.34. The maximum Gasteiger partial charge on any atom is 0.338 e. The summed E-state index contributed by atoms with van der Waals surface area (Å²) < 4.78 is 5.20. The van der Waals surface area contributed by atoms with Gasteiger partial charge in [-0.1, -0.05) is 19.9 Å². The Morgan fingerprint density at radius 1 is 1.22 bits per heavy atom. The van der Waals surface area contributed by atoms with E-state index in [1.807, 2.05) is 36.0 Å². The summed E-state index contributed by atoms with van der Waals surface area (Å²) in [5.74, 6) is 0.422. The van der Waals surface area contributed by atoms with Crippen molar-refractivity contribution in [3.8, 4) is 0 Å². The molecule has 1 heterocycles. The summed E-state index contributed by atoms with van der Waals surface area (Å²) in [4.78, 5) is 28.1. The summed E-state index contributed by atoms with van der Waals surface area (Å²) in [6.07, 6.45) is 1.14. The molecule has 1 aliphatic rings. The molecule has 0 bridgehead atoms. The highest BCUT2D eigenvalue weighted by atomic mass is 16.5. The maximum absolute atomic E-state index is 12.2. The van der Waals surface area contributed by atoms with Crippen molar-refractivity contribution in [2.24, 2.45) is 11.8 Å². The molecule has 1 fully saturated rings. The van der Waals surface area contributed by atoms with Crippen molar-refractivity contribution < 1.29 is 14.3 Å². The molecule has 0 unspecified atom stereocenters. The Morgan fingerprint density at radius 2 is 1.87 bits per heavy atom. The number of carbonyl (C=O) groups is 2. The van der Waals surface area contributed by atoms with Crippen LogP contribution >= 0.6 is 0 Å². The summed E-state index contributed by atoms with van der Waals surface area (Å²) in [5.41, 5.74) is 1.38. The van der Waals surface area contributed by atoms with Gasteiger partial charge in [0, 0.05) is 32.9 Å². The number of piperidine rings is 1. The number of benzene rings is 1. The quantitative estimate of drug-likeness (QED) is 0.800. The minimum Gasteiger partial charge on any atom is -0.452 e. The number of esters is 1. The van der Waals surface area contributed by atoms with Gasteiger partial charge in [-0.2, -0.15) is 0 Å². The van der Waals surface area contributed by atoms with Gasteiger partial charge in [0.05, 0.1) is 5.56 Å². The Bertz CT molecular complexity index is 561. The van der Waals surface area contributed by atoms with Gasteiger partial charge in [-0.3, -0.25) is 4.79 Å². The fourth-order valence-corrected chi connectivity index (χ4v) is 3.08. The minimum absolute atomic E-state index is 0.111. The van der Waals surface area contributed by atoms with Crippen LogP contribution in [0.15, 0.2) is 24.3 Å². The average molecular weight is 318 g/mol. The Kier molecular flexibility index (Phi) is 5.64. The Balaban J connectivity index is 1.91. The number of carbonyl (C=O) groups excluding carboxylic acids is 2. The lowest BCUT2D eigenvalue weighted by molar-refractivity contribution is -0.137. The van der Waals surface area contributed by atoms with Gasteiger partial charge < -0.3 is 14.5 Å². The molecule has 0 aromatic heterocycles. The number of amides is 1. The third-order valence-electron chi connectivity index (χ3n) is 4.15. The van der Waals surface area contributed by atoms with Gasteiger partial charge in [-0.15, -0.1) is 0 Å². The summed E-state index contributed by atoms with van der Waals surface area (Å²) >= 11 is 0. The van der Waals surface area contributed by atoms with Crippen LogP contribution in [0.3, 0.4) is 0 Å². The summed E-state index contributed by atoms with van der Waals surface area (Å²) in [6, 6.07) is 7.18. The van der Waals surface area contributed by atoms with E-state index < -0.39 is 5.97 Å². The third-order valence-corrected chi connectivity index (χ3v) is 4.15. The number of hydrogen-bond donors (Lipinski definition) is 0. The second kappa shape index (κ2) is 7.49. The predicted octanol–water partition coefficient (Wildman–Crippen LogP) is 2.41. The number of nitrogens with zero attached hydrogens (tertiary/aromatic N) is 2. The Hall–Kier alpha value is -2.04. The molecule has 0 spiro atoms. The first-order chi connectivity index (χ1) is 10.9. The van der Waals surface area contributed by atoms with Crippen LogP contribution in [0, 0.1) is 11.8 Å². The molecule has 5 nitrogen and oxygen atoms in total. The van der Waals surface area contributed by atoms with Gasteiger partial charge in [0.15, 0.2) is 6.61 Å². The molecule has 0 saturated carbocycles. The molecule has 1 amide bonds. The van der Waals surface area contributed by atoms with E-state index in [0.29, 0.717) is 17.4 Å². The van der Waals surface area contributed by atoms with E-state index in [1.54, 1.807) is 12.1 Å². The van der Waals surface area contributed by atoms with Crippen molar-refractivity contribution in [1.82, 2.24) is 4.90 Å². The molecule has 2 rings (SSSR count). The van der Waals surface area contributed by atoms with Crippen LogP contribution in [0.4, 0.5) is 5.69 Å². The van der Waals surface area contributed by atoms with Crippen LogP contribution in [0.25, 0.3) is 0 Å². The molecule has 0 N–H and O–H groups in total. The van der Waals surface area contributed by atoms with Crippen LogP contribution in [0.1, 0.15) is 30.6 Å². The van der Waals surface area contributed by atoms with Crippen LogP contribution in [0.2, 0.25) is 0 Å². The zero-order chi connectivity index (χ0) is 17.0. The molecule has 126 valence electrons. The standard InChI is InChI=1S/C18H26N2O3/c1-13-8-14(2)11-20(10-13)17(21)12-23-18(22)15-6-5-7-16(9-15)19(3)4/h5-7,9,13-14H,8,10-12H2,1-4H3/t13-,14+.